The van der Waals surface area contributed by atoms with Crippen LogP contribution in [0, 0.1) is 0 Å². The van der Waals surface area contributed by atoms with Crippen molar-refractivity contribution >= 4 is 91.7 Å². The molecule has 22 heteroatoms. The molecule has 4 aromatic rings. The van der Waals surface area contributed by atoms with Gasteiger partial charge in [-0.25, -0.2) is 13.1 Å². The van der Waals surface area contributed by atoms with Gasteiger partial charge in [0.25, 0.3) is 23.6 Å². The fourth-order valence-corrected chi connectivity index (χ4v) is 8.52. The third kappa shape index (κ3) is 12.7. The van der Waals surface area contributed by atoms with Crippen molar-refractivity contribution in [3.63, 3.8) is 0 Å². The lowest BCUT2D eigenvalue weighted by atomic mass is 10.0. The Morgan fingerprint density at radius 2 is 1.13 bits per heavy atom. The number of hydroxylamine groups is 1. The molecule has 18 nitrogen and oxygen atoms in total. The van der Waals surface area contributed by atoms with Crippen molar-refractivity contribution in [3.05, 3.63) is 108 Å². The summed E-state index contributed by atoms with van der Waals surface area (Å²) < 4.78 is 37.0. The number of amides is 4. The van der Waals surface area contributed by atoms with Gasteiger partial charge in [0.15, 0.2) is 10.2 Å². The maximum Gasteiger partial charge on any atom is 0.262 e. The molecule has 2 unspecified atom stereocenters. The normalized spacial score (nSPS) is 16.3. The van der Waals surface area contributed by atoms with Gasteiger partial charge in [-0.15, -0.1) is 9.32 Å². The minimum absolute atomic E-state index is 0.0104. The van der Waals surface area contributed by atoms with Crippen LogP contribution in [0.5, 0.6) is 0 Å². The molecule has 0 radical (unpaired) electrons. The van der Waals surface area contributed by atoms with Gasteiger partial charge in [0.1, 0.15) is 0 Å². The number of benzene rings is 4. The van der Waals surface area contributed by atoms with Crippen molar-refractivity contribution in [3.8, 4) is 11.1 Å². The minimum atomic E-state index is -4.33. The van der Waals surface area contributed by atoms with Gasteiger partial charge in [0.2, 0.25) is 22.1 Å². The van der Waals surface area contributed by atoms with Crippen molar-refractivity contribution in [1.29, 1.82) is 0 Å². The largest absolute Gasteiger partial charge is 0.300 e. The molecule has 6 rings (SSSR count). The van der Waals surface area contributed by atoms with Crippen molar-refractivity contribution in [2.45, 2.75) is 73.5 Å². The number of azo groups is 2. The van der Waals surface area contributed by atoms with Gasteiger partial charge in [-0.1, -0.05) is 72.8 Å². The fourth-order valence-electron chi connectivity index (χ4n) is 6.02. The molecular formula is C40H40N10O8S4. The van der Waals surface area contributed by atoms with E-state index in [0.29, 0.717) is 18.4 Å². The predicted octanol–water partition coefficient (Wildman–Crippen LogP) is 5.10. The zero-order chi connectivity index (χ0) is 44.2. The summed E-state index contributed by atoms with van der Waals surface area (Å²) in [6, 6.07) is 24.6. The van der Waals surface area contributed by atoms with Gasteiger partial charge >= 0.3 is 0 Å². The van der Waals surface area contributed by atoms with Crippen LogP contribution in [0.4, 0.5) is 11.4 Å². The van der Waals surface area contributed by atoms with E-state index in [-0.39, 0.29) is 43.0 Å². The van der Waals surface area contributed by atoms with Crippen molar-refractivity contribution < 1.29 is 36.9 Å². The van der Waals surface area contributed by atoms with E-state index in [0.717, 1.165) is 36.0 Å². The van der Waals surface area contributed by atoms with Crippen molar-refractivity contribution in [1.82, 2.24) is 31.5 Å². The molecule has 0 bridgehead atoms. The van der Waals surface area contributed by atoms with E-state index in [1.165, 1.54) is 30.3 Å². The molecule has 2 atom stereocenters. The molecule has 2 fully saturated rings. The van der Waals surface area contributed by atoms with Crippen LogP contribution in [0.25, 0.3) is 11.1 Å². The van der Waals surface area contributed by atoms with Crippen LogP contribution < -0.4 is 31.5 Å². The first-order chi connectivity index (χ1) is 29.8. The Morgan fingerprint density at radius 3 is 1.65 bits per heavy atom. The highest BCUT2D eigenvalue weighted by Crippen LogP contribution is 2.40. The first kappa shape index (κ1) is 45.8. The molecule has 2 saturated heterocycles. The fraction of sp³-hybridized carbons (Fsp3) is 0.250. The van der Waals surface area contributed by atoms with E-state index < -0.39 is 51.8 Å². The van der Waals surface area contributed by atoms with Crippen molar-refractivity contribution in [2.24, 2.45) is 20.5 Å². The maximum atomic E-state index is 14.4. The third-order valence-electron chi connectivity index (χ3n) is 9.21. The maximum absolute atomic E-state index is 14.4. The quantitative estimate of drug-likeness (QED) is 0.0137. The molecule has 0 aromatic heterocycles. The lowest BCUT2D eigenvalue weighted by Gasteiger charge is -2.19. The average Bonchev–Trinajstić information content (AvgIpc) is 3.23. The molecule has 4 amide bonds. The highest BCUT2D eigenvalue weighted by atomic mass is 32.2. The Labute approximate surface area is 371 Å². The summed E-state index contributed by atoms with van der Waals surface area (Å²) in [6.07, 6.45) is 2.57. The highest BCUT2D eigenvalue weighted by molar-refractivity contribution is 7.94. The number of hydrogen-bond acceptors (Lipinski definition) is 16. The Hall–Kier alpha value is -5.72. The first-order valence-electron chi connectivity index (χ1n) is 19.0. The first-order valence-corrected chi connectivity index (χ1v) is 22.1. The van der Waals surface area contributed by atoms with Gasteiger partial charge in [0.05, 0.1) is 28.3 Å². The van der Waals surface area contributed by atoms with E-state index in [9.17, 15) is 27.6 Å². The Bertz CT molecular complexity index is 2470. The van der Waals surface area contributed by atoms with E-state index in [4.69, 9.17) is 33.8 Å². The summed E-state index contributed by atoms with van der Waals surface area (Å²) in [7, 11) is -4.33. The summed E-state index contributed by atoms with van der Waals surface area (Å²) in [5, 5.41) is 24.9. The van der Waals surface area contributed by atoms with Gasteiger partial charge in [-0.05, 0) is 105 Å². The molecule has 0 spiro atoms. The monoisotopic (exact) mass is 916 g/mol. The van der Waals surface area contributed by atoms with Crippen LogP contribution in [0.15, 0.2) is 127 Å². The number of aryl methyl sites for hydroxylation is 2. The van der Waals surface area contributed by atoms with Gasteiger partial charge in [-0.2, -0.15) is 25.9 Å². The molecule has 2 aliphatic heterocycles. The molecule has 0 saturated carbocycles. The summed E-state index contributed by atoms with van der Waals surface area (Å²) >= 11 is 10.5. The van der Waals surface area contributed by atoms with E-state index >= 15 is 0 Å². The number of hydrogen-bond donors (Lipinski definition) is 6. The van der Waals surface area contributed by atoms with Crippen LogP contribution in [-0.4, -0.2) is 66.4 Å². The molecule has 2 aliphatic rings. The Balaban J connectivity index is 1.31. The highest BCUT2D eigenvalue weighted by Gasteiger charge is 2.34. The van der Waals surface area contributed by atoms with Crippen molar-refractivity contribution in [2.75, 3.05) is 0 Å². The van der Waals surface area contributed by atoms with E-state index in [1.54, 1.807) is 13.0 Å². The smallest absolute Gasteiger partial charge is 0.262 e. The van der Waals surface area contributed by atoms with Gasteiger partial charge < -0.3 is 21.3 Å². The number of carbonyl (C=O) groups excluding carboxylic acids is 4. The van der Waals surface area contributed by atoms with Crippen LogP contribution >= 0.6 is 36.5 Å². The molecule has 0 aliphatic carbocycles. The zero-order valence-electron chi connectivity index (χ0n) is 33.1. The van der Waals surface area contributed by atoms with Gasteiger partial charge in [0, 0.05) is 22.5 Å². The summed E-state index contributed by atoms with van der Waals surface area (Å²) in [6.45, 7) is 3.66. The third-order valence-corrected chi connectivity index (χ3v) is 11.9. The van der Waals surface area contributed by atoms with Crippen LogP contribution in [0.1, 0.15) is 37.8 Å². The minimum Gasteiger partial charge on any atom is -0.300 e. The lowest BCUT2D eigenvalue weighted by molar-refractivity contribution is -0.253. The van der Waals surface area contributed by atoms with E-state index in [2.05, 4.69) is 51.9 Å². The van der Waals surface area contributed by atoms with Crippen LogP contribution in [0.3, 0.4) is 0 Å². The SMILES string of the molecule is CC(CCc1ccccc1)NOOSc1cc(N=NC2C(=O)NC(=S)NC2=O)ccc1-c1ccc(N=NC2C(=O)NC(=S)NC2=O)cc1S(=O)(=O)NC(C)CCc1ccccc1. The number of carbonyl (C=O) groups is 4. The Kier molecular flexibility index (Phi) is 15.8. The second-order valence-corrected chi connectivity index (χ2v) is 17.3. The standard InChI is InChI=1S/C40H40N10O8S4/c1-23(13-15-25-9-5-3-6-10-25)49-57-58-61-31-21-27(45-47-33-35(51)41-39(59)42-36(33)52)17-19-29(31)30-20-18-28(46-48-34-37(53)43-40(60)44-38(34)54)22-32(30)62(55,56)50-24(2)14-16-26-11-7-4-8-12-26/h3-12,17-24,33-34,49-50H,13-16H2,1-2H3,(H2,41,42,51,52,59)(H2,43,44,53,54,60). The molecule has 2 heterocycles. The second-order valence-electron chi connectivity index (χ2n) is 14.0. The number of sulfonamides is 1. The molecular weight excluding hydrogens is 877 g/mol. The summed E-state index contributed by atoms with van der Waals surface area (Å²) in [5.41, 5.74) is 5.72. The van der Waals surface area contributed by atoms with Gasteiger partial charge in [-0.3, -0.25) is 19.2 Å². The number of nitrogens with one attached hydrogen (secondary N) is 6. The molecule has 4 aromatic carbocycles. The second kappa shape index (κ2) is 21.4. The lowest BCUT2D eigenvalue weighted by Crippen LogP contribution is -2.57. The molecule has 322 valence electrons. The number of thiocarbonyl (C=S) groups is 2. The topological polar surface area (TPSA) is 242 Å². The van der Waals surface area contributed by atoms with E-state index in [1.807, 2.05) is 67.6 Å². The molecule has 6 N–H and O–H groups in total. The average molecular weight is 917 g/mol. The molecule has 62 heavy (non-hydrogen) atoms. The van der Waals surface area contributed by atoms with Crippen LogP contribution in [-0.2, 0) is 51.4 Å². The summed E-state index contributed by atoms with van der Waals surface area (Å²) in [5.74, 6) is -3.11. The number of nitrogens with zero attached hydrogens (tertiary/aromatic N) is 4. The zero-order valence-corrected chi connectivity index (χ0v) is 36.3. The van der Waals surface area contributed by atoms with Crippen LogP contribution in [0.2, 0.25) is 0 Å². The Morgan fingerprint density at radius 1 is 0.661 bits per heavy atom. The summed E-state index contributed by atoms with van der Waals surface area (Å²) in [4.78, 5) is 55.2. The number of rotatable bonds is 19. The predicted molar refractivity (Wildman–Crippen MR) is 236 cm³/mol.